The standard InChI is InChI=1S/C23H36F2O3/c1-14-7-9-22(3,16(11-14)13-28-15(2)27)19-8-10-23(4)18(17(19)12-26)5-6-20(23)21(24)25/h14,16-19,26H,5-13H2,1-4H3/t14-,16+,17-,18?,19?,22-,23-/m0/s1. The second kappa shape index (κ2) is 8.04. The number of ether oxygens (including phenoxy) is 1. The largest absolute Gasteiger partial charge is 0.466 e. The van der Waals surface area contributed by atoms with Crippen LogP contribution >= 0.6 is 0 Å². The van der Waals surface area contributed by atoms with E-state index < -0.39 is 11.5 Å². The molecule has 28 heavy (non-hydrogen) atoms. The molecule has 3 fully saturated rings. The number of rotatable bonds is 4. The maximum absolute atomic E-state index is 13.6. The van der Waals surface area contributed by atoms with Crippen molar-refractivity contribution in [1.29, 1.82) is 0 Å². The summed E-state index contributed by atoms with van der Waals surface area (Å²) in [6.07, 6.45) is 4.51. The van der Waals surface area contributed by atoms with Crippen LogP contribution < -0.4 is 0 Å². The highest BCUT2D eigenvalue weighted by molar-refractivity contribution is 5.65. The summed E-state index contributed by atoms with van der Waals surface area (Å²) >= 11 is 0. The first-order chi connectivity index (χ1) is 13.1. The number of allylic oxidation sites excluding steroid dienone is 1. The van der Waals surface area contributed by atoms with Crippen molar-refractivity contribution in [3.05, 3.63) is 11.7 Å². The van der Waals surface area contributed by atoms with Crippen molar-refractivity contribution in [3.8, 4) is 0 Å². The quantitative estimate of drug-likeness (QED) is 0.629. The summed E-state index contributed by atoms with van der Waals surface area (Å²) in [7, 11) is 0. The highest BCUT2D eigenvalue weighted by Crippen LogP contribution is 2.64. The third-order valence-corrected chi connectivity index (χ3v) is 8.79. The van der Waals surface area contributed by atoms with Gasteiger partial charge in [-0.15, -0.1) is 0 Å². The fourth-order valence-electron chi connectivity index (χ4n) is 7.08. The van der Waals surface area contributed by atoms with Gasteiger partial charge in [0.05, 0.1) is 6.61 Å². The van der Waals surface area contributed by atoms with E-state index in [9.17, 15) is 18.7 Å². The fourth-order valence-corrected chi connectivity index (χ4v) is 7.08. The number of aliphatic hydroxyl groups is 1. The SMILES string of the molecule is CC(=O)OC[C@H]1C[C@@H](C)CC[C@]1(C)C1CC[C@]2(C)C(=C(F)F)CCC2[C@@H]1CO. The molecule has 0 aromatic carbocycles. The summed E-state index contributed by atoms with van der Waals surface area (Å²) in [5.41, 5.74) is -0.183. The van der Waals surface area contributed by atoms with Crippen LogP contribution in [0.5, 0.6) is 0 Å². The van der Waals surface area contributed by atoms with Crippen LogP contribution in [-0.4, -0.2) is 24.3 Å². The third-order valence-electron chi connectivity index (χ3n) is 8.79. The Morgan fingerprint density at radius 3 is 2.50 bits per heavy atom. The van der Waals surface area contributed by atoms with E-state index >= 15 is 0 Å². The zero-order valence-corrected chi connectivity index (χ0v) is 17.8. The van der Waals surface area contributed by atoms with Gasteiger partial charge in [0.1, 0.15) is 0 Å². The second-order valence-electron chi connectivity index (χ2n) is 10.2. The van der Waals surface area contributed by atoms with Crippen LogP contribution in [0.1, 0.15) is 72.6 Å². The van der Waals surface area contributed by atoms with Crippen LogP contribution in [0.2, 0.25) is 0 Å². The number of esters is 1. The third kappa shape index (κ3) is 3.64. The molecule has 3 saturated carbocycles. The molecule has 0 bridgehead atoms. The molecule has 0 radical (unpaired) electrons. The molecule has 3 rings (SSSR count). The van der Waals surface area contributed by atoms with Gasteiger partial charge in [-0.2, -0.15) is 8.78 Å². The molecular formula is C23H36F2O3. The van der Waals surface area contributed by atoms with E-state index in [-0.39, 0.29) is 41.7 Å². The average molecular weight is 399 g/mol. The molecule has 0 spiro atoms. The van der Waals surface area contributed by atoms with Gasteiger partial charge in [0.25, 0.3) is 6.08 Å². The highest BCUT2D eigenvalue weighted by atomic mass is 19.3. The fraction of sp³-hybridized carbons (Fsp3) is 0.870. The van der Waals surface area contributed by atoms with Crippen molar-refractivity contribution in [2.75, 3.05) is 13.2 Å². The minimum Gasteiger partial charge on any atom is -0.466 e. The predicted molar refractivity (Wildman–Crippen MR) is 105 cm³/mol. The van der Waals surface area contributed by atoms with Gasteiger partial charge < -0.3 is 9.84 Å². The van der Waals surface area contributed by atoms with Crippen LogP contribution in [0.25, 0.3) is 0 Å². The Labute approximate surface area is 167 Å². The van der Waals surface area contributed by atoms with Gasteiger partial charge in [0.2, 0.25) is 0 Å². The minimum atomic E-state index is -1.51. The number of fused-ring (bicyclic) bond motifs is 1. The summed E-state index contributed by atoms with van der Waals surface area (Å²) in [4.78, 5) is 11.4. The number of halogens is 2. The summed E-state index contributed by atoms with van der Waals surface area (Å²) in [6.45, 7) is 8.46. The molecule has 0 aromatic heterocycles. The molecule has 2 unspecified atom stereocenters. The molecule has 1 N–H and O–H groups in total. The van der Waals surface area contributed by atoms with Gasteiger partial charge >= 0.3 is 5.97 Å². The van der Waals surface area contributed by atoms with Crippen molar-refractivity contribution < 1.29 is 23.4 Å². The number of hydrogen-bond donors (Lipinski definition) is 1. The normalized spacial score (nSPS) is 43.5. The highest BCUT2D eigenvalue weighted by Gasteiger charge is 2.57. The van der Waals surface area contributed by atoms with E-state index in [4.69, 9.17) is 4.74 Å². The summed E-state index contributed by atoms with van der Waals surface area (Å²) in [5.74, 6) is 1.03. The molecule has 0 amide bonds. The molecule has 0 saturated heterocycles. The van der Waals surface area contributed by atoms with Gasteiger partial charge in [-0.05, 0) is 78.9 Å². The lowest BCUT2D eigenvalue weighted by molar-refractivity contribution is -0.148. The lowest BCUT2D eigenvalue weighted by Gasteiger charge is -2.56. The van der Waals surface area contributed by atoms with Gasteiger partial charge in [-0.1, -0.05) is 27.2 Å². The van der Waals surface area contributed by atoms with Crippen LogP contribution in [0.3, 0.4) is 0 Å². The number of hydrogen-bond acceptors (Lipinski definition) is 3. The molecule has 160 valence electrons. The first-order valence-corrected chi connectivity index (χ1v) is 10.9. The molecule has 3 nitrogen and oxygen atoms in total. The number of carbonyl (C=O) groups excluding carboxylic acids is 1. The van der Waals surface area contributed by atoms with Gasteiger partial charge in [-0.25, -0.2) is 0 Å². The monoisotopic (exact) mass is 398 g/mol. The molecular weight excluding hydrogens is 362 g/mol. The van der Waals surface area contributed by atoms with E-state index in [1.54, 1.807) is 0 Å². The van der Waals surface area contributed by atoms with Crippen molar-refractivity contribution in [3.63, 3.8) is 0 Å². The van der Waals surface area contributed by atoms with Crippen molar-refractivity contribution in [1.82, 2.24) is 0 Å². The van der Waals surface area contributed by atoms with Crippen molar-refractivity contribution in [2.24, 2.45) is 40.4 Å². The molecule has 0 aliphatic heterocycles. The molecule has 7 atom stereocenters. The Bertz CT molecular complexity index is 629. The zero-order valence-electron chi connectivity index (χ0n) is 17.8. The number of carbonyl (C=O) groups is 1. The van der Waals surface area contributed by atoms with Crippen LogP contribution in [0.15, 0.2) is 11.7 Å². The topological polar surface area (TPSA) is 46.5 Å². The van der Waals surface area contributed by atoms with Gasteiger partial charge in [0.15, 0.2) is 0 Å². The van der Waals surface area contributed by atoms with E-state index in [0.29, 0.717) is 24.5 Å². The molecule has 3 aliphatic carbocycles. The van der Waals surface area contributed by atoms with E-state index in [0.717, 1.165) is 38.5 Å². The van der Waals surface area contributed by atoms with E-state index in [2.05, 4.69) is 13.8 Å². The van der Waals surface area contributed by atoms with Crippen molar-refractivity contribution >= 4 is 5.97 Å². The maximum Gasteiger partial charge on any atom is 0.302 e. The molecule has 0 aromatic rings. The Morgan fingerprint density at radius 1 is 1.18 bits per heavy atom. The predicted octanol–water partition coefficient (Wildman–Crippen LogP) is 5.58. The Kier molecular flexibility index (Phi) is 6.24. The first kappa shape index (κ1) is 21.7. The Hall–Kier alpha value is -0.970. The lowest BCUT2D eigenvalue weighted by atomic mass is 9.49. The Morgan fingerprint density at radius 2 is 1.89 bits per heavy atom. The molecule has 0 heterocycles. The van der Waals surface area contributed by atoms with Crippen molar-refractivity contribution in [2.45, 2.75) is 72.6 Å². The van der Waals surface area contributed by atoms with Gasteiger partial charge in [0, 0.05) is 19.1 Å². The second-order valence-corrected chi connectivity index (χ2v) is 10.2. The lowest BCUT2D eigenvalue weighted by Crippen LogP contribution is -2.51. The Balaban J connectivity index is 1.89. The molecule has 3 aliphatic rings. The van der Waals surface area contributed by atoms with E-state index in [1.165, 1.54) is 6.92 Å². The smallest absolute Gasteiger partial charge is 0.302 e. The maximum atomic E-state index is 13.6. The van der Waals surface area contributed by atoms with E-state index in [1.807, 2.05) is 6.92 Å². The summed E-state index contributed by atoms with van der Waals surface area (Å²) in [5, 5.41) is 10.4. The number of aliphatic hydroxyl groups excluding tert-OH is 1. The summed E-state index contributed by atoms with van der Waals surface area (Å²) in [6, 6.07) is 0. The first-order valence-electron chi connectivity index (χ1n) is 10.9. The minimum absolute atomic E-state index is 0.0303. The van der Waals surface area contributed by atoms with Crippen LogP contribution in [0, 0.1) is 40.4 Å². The van der Waals surface area contributed by atoms with Gasteiger partial charge in [-0.3, -0.25) is 4.79 Å². The van der Waals surface area contributed by atoms with Crippen LogP contribution in [0.4, 0.5) is 8.78 Å². The molecule has 5 heteroatoms. The summed E-state index contributed by atoms with van der Waals surface area (Å²) < 4.78 is 32.6. The average Bonchev–Trinajstić information content (AvgIpc) is 2.99. The van der Waals surface area contributed by atoms with Crippen LogP contribution in [-0.2, 0) is 9.53 Å². The zero-order chi connectivity index (χ0) is 20.7.